The maximum Gasteiger partial charge on any atom is 0.128 e. The number of benzene rings is 1. The van der Waals surface area contributed by atoms with E-state index in [9.17, 15) is 4.39 Å². The number of hydrogen-bond acceptors (Lipinski definition) is 3. The maximum atomic E-state index is 14.2. The second-order valence-corrected chi connectivity index (χ2v) is 5.54. The van der Waals surface area contributed by atoms with Crippen LogP contribution in [0.4, 0.5) is 4.39 Å². The summed E-state index contributed by atoms with van der Waals surface area (Å²) in [4.78, 5) is 2.49. The van der Waals surface area contributed by atoms with Gasteiger partial charge in [0.1, 0.15) is 10.8 Å². The van der Waals surface area contributed by atoms with Gasteiger partial charge in [0, 0.05) is 37.4 Å². The topological polar surface area (TPSA) is 38.5 Å². The lowest BCUT2D eigenvalue weighted by atomic mass is 10.1. The zero-order valence-corrected chi connectivity index (χ0v) is 13.9. The zero-order valence-electron chi connectivity index (χ0n) is 13.1. The normalized spacial score (nSPS) is 11.3. The van der Waals surface area contributed by atoms with Crippen LogP contribution in [-0.2, 0) is 11.3 Å². The van der Waals surface area contributed by atoms with Gasteiger partial charge < -0.3 is 10.5 Å². The van der Waals surface area contributed by atoms with E-state index in [0.29, 0.717) is 30.3 Å². The van der Waals surface area contributed by atoms with Gasteiger partial charge in [-0.3, -0.25) is 4.90 Å². The minimum Gasteiger partial charge on any atom is -0.389 e. The fraction of sp³-hybridized carbons (Fsp3) is 0.562. The standard InChI is InChI=1S/C16H25FN2OS/c1-4-14(5-2)19(8-9-20-3)11-13-7-6-12(16(18)21)10-15(13)17/h6-7,10,14H,4-5,8-9,11H2,1-3H3,(H2,18,21). The first-order valence-corrected chi connectivity index (χ1v) is 7.75. The van der Waals surface area contributed by atoms with Gasteiger partial charge in [-0.2, -0.15) is 0 Å². The van der Waals surface area contributed by atoms with Gasteiger partial charge >= 0.3 is 0 Å². The number of rotatable bonds is 9. The van der Waals surface area contributed by atoms with Crippen LogP contribution in [0.2, 0.25) is 0 Å². The number of hydrogen-bond donors (Lipinski definition) is 1. The van der Waals surface area contributed by atoms with Crippen LogP contribution in [-0.4, -0.2) is 36.2 Å². The third kappa shape index (κ3) is 5.34. The summed E-state index contributed by atoms with van der Waals surface area (Å²) in [5.41, 5.74) is 6.76. The van der Waals surface area contributed by atoms with Crippen LogP contribution in [0.1, 0.15) is 37.8 Å². The number of halogens is 1. The lowest BCUT2D eigenvalue weighted by molar-refractivity contribution is 0.109. The largest absolute Gasteiger partial charge is 0.389 e. The first kappa shape index (κ1) is 18.0. The van der Waals surface area contributed by atoms with Crippen molar-refractivity contribution in [3.8, 4) is 0 Å². The van der Waals surface area contributed by atoms with E-state index in [0.717, 1.165) is 19.4 Å². The van der Waals surface area contributed by atoms with E-state index >= 15 is 0 Å². The van der Waals surface area contributed by atoms with Crippen molar-refractivity contribution in [3.05, 3.63) is 35.1 Å². The van der Waals surface area contributed by atoms with Gasteiger partial charge in [-0.25, -0.2) is 4.39 Å². The summed E-state index contributed by atoms with van der Waals surface area (Å²) in [7, 11) is 1.68. The number of ether oxygens (including phenoxy) is 1. The second-order valence-electron chi connectivity index (χ2n) is 5.10. The molecule has 0 bridgehead atoms. The second kappa shape index (κ2) is 9.07. The Labute approximate surface area is 132 Å². The van der Waals surface area contributed by atoms with E-state index in [1.54, 1.807) is 19.2 Å². The van der Waals surface area contributed by atoms with E-state index < -0.39 is 0 Å². The van der Waals surface area contributed by atoms with Crippen molar-refractivity contribution in [2.24, 2.45) is 5.73 Å². The predicted molar refractivity (Wildman–Crippen MR) is 88.9 cm³/mol. The zero-order chi connectivity index (χ0) is 15.8. The van der Waals surface area contributed by atoms with E-state index in [2.05, 4.69) is 18.7 Å². The maximum absolute atomic E-state index is 14.2. The summed E-state index contributed by atoms with van der Waals surface area (Å²) in [6.45, 7) is 6.31. The molecule has 118 valence electrons. The summed E-state index contributed by atoms with van der Waals surface area (Å²) in [6, 6.07) is 5.39. The molecular formula is C16H25FN2OS. The van der Waals surface area contributed by atoms with Crippen LogP contribution >= 0.6 is 12.2 Å². The Kier molecular flexibility index (Phi) is 7.78. The smallest absolute Gasteiger partial charge is 0.128 e. The SMILES string of the molecule is CCC(CC)N(CCOC)Cc1ccc(C(N)=S)cc1F. The van der Waals surface area contributed by atoms with E-state index in [1.165, 1.54) is 6.07 Å². The molecule has 0 saturated heterocycles. The van der Waals surface area contributed by atoms with Crippen LogP contribution in [0.25, 0.3) is 0 Å². The van der Waals surface area contributed by atoms with E-state index in [4.69, 9.17) is 22.7 Å². The molecule has 5 heteroatoms. The van der Waals surface area contributed by atoms with Crippen LogP contribution in [0.15, 0.2) is 18.2 Å². The van der Waals surface area contributed by atoms with Crippen molar-refractivity contribution >= 4 is 17.2 Å². The minimum atomic E-state index is -0.256. The highest BCUT2D eigenvalue weighted by atomic mass is 32.1. The predicted octanol–water partition coefficient (Wildman–Crippen LogP) is 3.10. The molecule has 0 radical (unpaired) electrons. The Hall–Kier alpha value is -1.04. The number of methoxy groups -OCH3 is 1. The van der Waals surface area contributed by atoms with Crippen molar-refractivity contribution in [2.75, 3.05) is 20.3 Å². The van der Waals surface area contributed by atoms with E-state index in [-0.39, 0.29) is 10.8 Å². The summed E-state index contributed by atoms with van der Waals surface area (Å²) in [5.74, 6) is -0.256. The van der Waals surface area contributed by atoms with Crippen LogP contribution in [0.5, 0.6) is 0 Å². The van der Waals surface area contributed by atoms with Gasteiger partial charge in [-0.05, 0) is 18.9 Å². The Morgan fingerprint density at radius 1 is 1.38 bits per heavy atom. The highest BCUT2D eigenvalue weighted by Crippen LogP contribution is 2.17. The molecule has 0 aliphatic carbocycles. The molecule has 0 amide bonds. The van der Waals surface area contributed by atoms with Gasteiger partial charge in [0.05, 0.1) is 6.61 Å². The van der Waals surface area contributed by atoms with Crippen molar-refractivity contribution < 1.29 is 9.13 Å². The average molecular weight is 312 g/mol. The minimum absolute atomic E-state index is 0.219. The third-order valence-corrected chi connectivity index (χ3v) is 3.99. The Morgan fingerprint density at radius 2 is 2.05 bits per heavy atom. The Bertz CT molecular complexity index is 464. The molecular weight excluding hydrogens is 287 g/mol. The molecule has 0 heterocycles. The highest BCUT2D eigenvalue weighted by Gasteiger charge is 2.17. The first-order chi connectivity index (χ1) is 10.0. The van der Waals surface area contributed by atoms with Crippen LogP contribution in [0, 0.1) is 5.82 Å². The molecule has 0 saturated carbocycles. The van der Waals surface area contributed by atoms with Gasteiger partial charge in [0.25, 0.3) is 0 Å². The quantitative estimate of drug-likeness (QED) is 0.711. The molecule has 0 aromatic heterocycles. The summed E-state index contributed by atoms with van der Waals surface area (Å²) in [5, 5.41) is 0. The first-order valence-electron chi connectivity index (χ1n) is 7.34. The number of thiocarbonyl (C=S) groups is 1. The molecule has 0 fully saturated rings. The summed E-state index contributed by atoms with van der Waals surface area (Å²) < 4.78 is 19.4. The molecule has 0 unspecified atom stereocenters. The van der Waals surface area contributed by atoms with Gasteiger partial charge in [-0.1, -0.05) is 38.2 Å². The fourth-order valence-electron chi connectivity index (χ4n) is 2.45. The molecule has 1 aromatic carbocycles. The van der Waals surface area contributed by atoms with E-state index in [1.807, 2.05) is 0 Å². The highest BCUT2D eigenvalue weighted by molar-refractivity contribution is 7.80. The molecule has 0 atom stereocenters. The van der Waals surface area contributed by atoms with Crippen LogP contribution < -0.4 is 5.73 Å². The molecule has 0 aliphatic rings. The molecule has 1 rings (SSSR count). The molecule has 0 spiro atoms. The van der Waals surface area contributed by atoms with Crippen molar-refractivity contribution in [3.63, 3.8) is 0 Å². The Balaban J connectivity index is 2.89. The van der Waals surface area contributed by atoms with Crippen LogP contribution in [0.3, 0.4) is 0 Å². The molecule has 2 N–H and O–H groups in total. The summed E-state index contributed by atoms with van der Waals surface area (Å²) in [6.07, 6.45) is 2.07. The van der Waals surface area contributed by atoms with Crippen molar-refractivity contribution in [2.45, 2.75) is 39.3 Å². The lowest BCUT2D eigenvalue weighted by Gasteiger charge is -2.30. The third-order valence-electron chi connectivity index (χ3n) is 3.75. The molecule has 0 aliphatic heterocycles. The lowest BCUT2D eigenvalue weighted by Crippen LogP contribution is -2.36. The molecule has 1 aromatic rings. The van der Waals surface area contributed by atoms with Gasteiger partial charge in [0.2, 0.25) is 0 Å². The van der Waals surface area contributed by atoms with Gasteiger partial charge in [0.15, 0.2) is 0 Å². The van der Waals surface area contributed by atoms with Crippen molar-refractivity contribution in [1.29, 1.82) is 0 Å². The molecule has 21 heavy (non-hydrogen) atoms. The number of nitrogens with two attached hydrogens (primary N) is 1. The fourth-order valence-corrected chi connectivity index (χ4v) is 2.58. The van der Waals surface area contributed by atoms with Gasteiger partial charge in [-0.15, -0.1) is 0 Å². The van der Waals surface area contributed by atoms with Crippen molar-refractivity contribution in [1.82, 2.24) is 4.90 Å². The Morgan fingerprint density at radius 3 is 2.52 bits per heavy atom. The molecule has 3 nitrogen and oxygen atoms in total. The number of nitrogens with zero attached hydrogens (tertiary/aromatic N) is 1. The monoisotopic (exact) mass is 312 g/mol. The average Bonchev–Trinajstić information content (AvgIpc) is 2.47. The summed E-state index contributed by atoms with van der Waals surface area (Å²) >= 11 is 4.87.